The monoisotopic (exact) mass is 303 g/mol. The molecule has 0 saturated carbocycles. The van der Waals surface area contributed by atoms with Gasteiger partial charge in [-0.2, -0.15) is 0 Å². The molecule has 5 nitrogen and oxygen atoms in total. The number of primary amides is 1. The Hall–Kier alpha value is -2.25. The lowest BCUT2D eigenvalue weighted by Gasteiger charge is -1.96. The largest absolute Gasteiger partial charge is 0.366 e. The van der Waals surface area contributed by atoms with Crippen molar-refractivity contribution in [2.24, 2.45) is 5.73 Å². The summed E-state index contributed by atoms with van der Waals surface area (Å²) in [6.45, 7) is 0. The molecule has 100 valence electrons. The summed E-state index contributed by atoms with van der Waals surface area (Å²) in [5, 5.41) is 5.08. The molecule has 2 aromatic heterocycles. The normalized spacial score (nSPS) is 10.6. The number of thiazole rings is 1. The van der Waals surface area contributed by atoms with Crippen molar-refractivity contribution in [2.45, 2.75) is 0 Å². The fourth-order valence-corrected chi connectivity index (χ4v) is 3.22. The summed E-state index contributed by atoms with van der Waals surface area (Å²) in [6, 6.07) is 8.58. The summed E-state index contributed by atoms with van der Waals surface area (Å²) in [7, 11) is 0. The summed E-state index contributed by atoms with van der Waals surface area (Å²) in [6.07, 6.45) is 0. The Kier molecular flexibility index (Phi) is 3.21. The van der Waals surface area contributed by atoms with Crippen molar-refractivity contribution in [2.75, 3.05) is 5.32 Å². The predicted molar refractivity (Wildman–Crippen MR) is 80.4 cm³/mol. The SMILES string of the molecule is NC(=O)c1ccc2nc(NC(=O)c3cccs3)sc2c1. The second-order valence-corrected chi connectivity index (χ2v) is 5.98. The lowest BCUT2D eigenvalue weighted by molar-refractivity contribution is 0.0998. The van der Waals surface area contributed by atoms with E-state index in [1.54, 1.807) is 24.3 Å². The van der Waals surface area contributed by atoms with Crippen LogP contribution in [0.15, 0.2) is 35.7 Å². The number of aromatic nitrogens is 1. The van der Waals surface area contributed by atoms with E-state index < -0.39 is 5.91 Å². The van der Waals surface area contributed by atoms with E-state index in [0.717, 1.165) is 10.2 Å². The van der Waals surface area contributed by atoms with Gasteiger partial charge in [0.25, 0.3) is 5.91 Å². The molecular formula is C13H9N3O2S2. The zero-order valence-electron chi connectivity index (χ0n) is 10.1. The average molecular weight is 303 g/mol. The predicted octanol–water partition coefficient (Wildman–Crippen LogP) is 2.71. The first-order chi connectivity index (χ1) is 9.63. The second-order valence-electron chi connectivity index (χ2n) is 4.00. The standard InChI is InChI=1S/C13H9N3O2S2/c14-11(17)7-3-4-8-10(6-7)20-13(15-8)16-12(18)9-2-1-5-19-9/h1-6H,(H2,14,17)(H,15,16,18). The Labute approximate surface area is 122 Å². The summed E-state index contributed by atoms with van der Waals surface area (Å²) in [5.74, 6) is -0.668. The number of anilines is 1. The van der Waals surface area contributed by atoms with Crippen LogP contribution in [0.1, 0.15) is 20.0 Å². The minimum atomic E-state index is -0.482. The van der Waals surface area contributed by atoms with Crippen molar-refractivity contribution in [3.05, 3.63) is 46.2 Å². The number of nitrogens with one attached hydrogen (secondary N) is 1. The molecule has 0 aliphatic carbocycles. The zero-order valence-corrected chi connectivity index (χ0v) is 11.8. The maximum absolute atomic E-state index is 11.9. The first kappa shape index (κ1) is 12.8. The highest BCUT2D eigenvalue weighted by molar-refractivity contribution is 7.22. The van der Waals surface area contributed by atoms with E-state index in [1.165, 1.54) is 22.7 Å². The minimum Gasteiger partial charge on any atom is -0.366 e. The van der Waals surface area contributed by atoms with Crippen molar-refractivity contribution in [1.82, 2.24) is 4.98 Å². The molecule has 3 rings (SSSR count). The summed E-state index contributed by atoms with van der Waals surface area (Å²) >= 11 is 2.68. The van der Waals surface area contributed by atoms with E-state index in [9.17, 15) is 9.59 Å². The smallest absolute Gasteiger partial charge is 0.267 e. The van der Waals surface area contributed by atoms with Crippen LogP contribution in [-0.4, -0.2) is 16.8 Å². The number of hydrogen-bond acceptors (Lipinski definition) is 5. The number of hydrogen-bond donors (Lipinski definition) is 2. The second kappa shape index (κ2) is 5.03. The van der Waals surface area contributed by atoms with Crippen LogP contribution < -0.4 is 11.1 Å². The molecule has 0 unspecified atom stereocenters. The molecule has 0 fully saturated rings. The Bertz CT molecular complexity index is 793. The van der Waals surface area contributed by atoms with E-state index in [0.29, 0.717) is 15.6 Å². The molecule has 0 aliphatic heterocycles. The molecule has 0 spiro atoms. The first-order valence-corrected chi connectivity index (χ1v) is 7.38. The van der Waals surface area contributed by atoms with Gasteiger partial charge in [0, 0.05) is 5.56 Å². The lowest BCUT2D eigenvalue weighted by Crippen LogP contribution is -2.10. The number of fused-ring (bicyclic) bond motifs is 1. The van der Waals surface area contributed by atoms with Crippen molar-refractivity contribution < 1.29 is 9.59 Å². The highest BCUT2D eigenvalue weighted by Gasteiger charge is 2.11. The van der Waals surface area contributed by atoms with Crippen molar-refractivity contribution in [3.8, 4) is 0 Å². The Morgan fingerprint density at radius 1 is 1.25 bits per heavy atom. The quantitative estimate of drug-likeness (QED) is 0.780. The number of carbonyl (C=O) groups is 2. The van der Waals surface area contributed by atoms with Gasteiger partial charge in [0.05, 0.1) is 15.1 Å². The topological polar surface area (TPSA) is 85.1 Å². The van der Waals surface area contributed by atoms with Gasteiger partial charge in [-0.15, -0.1) is 11.3 Å². The number of amides is 2. The number of thiophene rings is 1. The van der Waals surface area contributed by atoms with Crippen molar-refractivity contribution in [1.29, 1.82) is 0 Å². The van der Waals surface area contributed by atoms with Gasteiger partial charge < -0.3 is 5.73 Å². The number of nitrogens with zero attached hydrogens (tertiary/aromatic N) is 1. The van der Waals surface area contributed by atoms with Crippen LogP contribution in [0.2, 0.25) is 0 Å². The van der Waals surface area contributed by atoms with Gasteiger partial charge in [-0.05, 0) is 29.6 Å². The third kappa shape index (κ3) is 2.40. The van der Waals surface area contributed by atoms with E-state index in [2.05, 4.69) is 10.3 Å². The maximum Gasteiger partial charge on any atom is 0.267 e. The fourth-order valence-electron chi connectivity index (χ4n) is 1.70. The van der Waals surface area contributed by atoms with Crippen LogP contribution in [0, 0.1) is 0 Å². The molecule has 7 heteroatoms. The molecule has 3 N–H and O–H groups in total. The molecule has 20 heavy (non-hydrogen) atoms. The zero-order chi connectivity index (χ0) is 14.1. The molecule has 0 atom stereocenters. The van der Waals surface area contributed by atoms with Crippen LogP contribution in [0.25, 0.3) is 10.2 Å². The molecule has 3 aromatic rings. The number of nitrogens with two attached hydrogens (primary N) is 1. The van der Waals surface area contributed by atoms with Crippen LogP contribution in [0.3, 0.4) is 0 Å². The molecule has 0 aliphatic rings. The van der Waals surface area contributed by atoms with Gasteiger partial charge in [-0.25, -0.2) is 4.98 Å². The molecule has 0 bridgehead atoms. The maximum atomic E-state index is 11.9. The molecule has 0 saturated heterocycles. The Balaban J connectivity index is 1.89. The average Bonchev–Trinajstić information content (AvgIpc) is 3.06. The van der Waals surface area contributed by atoms with Gasteiger partial charge in [0.2, 0.25) is 5.91 Å². The van der Waals surface area contributed by atoms with E-state index >= 15 is 0 Å². The van der Waals surface area contributed by atoms with Crippen LogP contribution in [-0.2, 0) is 0 Å². The molecular weight excluding hydrogens is 294 g/mol. The summed E-state index contributed by atoms with van der Waals surface area (Å²) in [5.41, 5.74) is 6.39. The van der Waals surface area contributed by atoms with Gasteiger partial charge in [-0.1, -0.05) is 17.4 Å². The summed E-state index contributed by atoms with van der Waals surface area (Å²) < 4.78 is 0.808. The van der Waals surface area contributed by atoms with E-state index in [4.69, 9.17) is 5.73 Å². The lowest BCUT2D eigenvalue weighted by atomic mass is 10.2. The van der Waals surface area contributed by atoms with Crippen molar-refractivity contribution in [3.63, 3.8) is 0 Å². The van der Waals surface area contributed by atoms with Crippen LogP contribution >= 0.6 is 22.7 Å². The highest BCUT2D eigenvalue weighted by Crippen LogP contribution is 2.27. The first-order valence-electron chi connectivity index (χ1n) is 5.69. The Morgan fingerprint density at radius 3 is 2.80 bits per heavy atom. The third-order valence-corrected chi connectivity index (χ3v) is 4.44. The van der Waals surface area contributed by atoms with E-state index in [-0.39, 0.29) is 5.91 Å². The van der Waals surface area contributed by atoms with Gasteiger partial charge >= 0.3 is 0 Å². The number of benzene rings is 1. The number of rotatable bonds is 3. The minimum absolute atomic E-state index is 0.186. The number of carbonyl (C=O) groups excluding carboxylic acids is 2. The van der Waals surface area contributed by atoms with Gasteiger partial charge in [0.1, 0.15) is 0 Å². The van der Waals surface area contributed by atoms with Gasteiger partial charge in [-0.3, -0.25) is 14.9 Å². The molecule has 2 heterocycles. The van der Waals surface area contributed by atoms with Crippen LogP contribution in [0.4, 0.5) is 5.13 Å². The molecule has 0 radical (unpaired) electrons. The van der Waals surface area contributed by atoms with Crippen molar-refractivity contribution >= 4 is 49.8 Å². The summed E-state index contributed by atoms with van der Waals surface area (Å²) in [4.78, 5) is 28.0. The fraction of sp³-hybridized carbons (Fsp3) is 0. The Morgan fingerprint density at radius 2 is 2.10 bits per heavy atom. The van der Waals surface area contributed by atoms with Crippen LogP contribution in [0.5, 0.6) is 0 Å². The molecule has 2 amide bonds. The highest BCUT2D eigenvalue weighted by atomic mass is 32.1. The van der Waals surface area contributed by atoms with E-state index in [1.807, 2.05) is 11.4 Å². The molecule has 1 aromatic carbocycles. The van der Waals surface area contributed by atoms with Gasteiger partial charge in [0.15, 0.2) is 5.13 Å². The third-order valence-electron chi connectivity index (χ3n) is 2.64.